The molecule has 0 unspecified atom stereocenters. The van der Waals surface area contributed by atoms with Gasteiger partial charge >= 0.3 is 0 Å². The zero-order valence-corrected chi connectivity index (χ0v) is 13.3. The van der Waals surface area contributed by atoms with Crippen molar-refractivity contribution in [1.82, 2.24) is 25.2 Å². The third-order valence-electron chi connectivity index (χ3n) is 2.67. The minimum Gasteiger partial charge on any atom is -0.352 e. The molecular weight excluding hydrogens is 313 g/mol. The van der Waals surface area contributed by atoms with E-state index in [0.717, 1.165) is 13.0 Å². The first-order valence-corrected chi connectivity index (χ1v) is 6.18. The third kappa shape index (κ3) is 5.71. The van der Waals surface area contributed by atoms with Crippen LogP contribution < -0.4 is 10.6 Å². The number of carbonyl (C=O) groups is 1. The highest BCUT2D eigenvalue weighted by molar-refractivity contribution is 5.94. The van der Waals surface area contributed by atoms with Crippen LogP contribution in [0.5, 0.6) is 0 Å². The van der Waals surface area contributed by atoms with E-state index in [1.54, 1.807) is 41.6 Å². The van der Waals surface area contributed by atoms with Crippen molar-refractivity contribution in [1.29, 1.82) is 0 Å². The number of aromatic nitrogens is 3. The molecule has 2 aromatic heterocycles. The number of nitrogens with one attached hydrogen (secondary N) is 2. The molecule has 0 aliphatic heterocycles. The predicted octanol–water partition coefficient (Wildman–Crippen LogP) is 1.45. The van der Waals surface area contributed by atoms with Gasteiger partial charge in [-0.1, -0.05) is 0 Å². The average molecular weight is 332 g/mol. The number of halogens is 2. The van der Waals surface area contributed by atoms with E-state index < -0.39 is 0 Å². The summed E-state index contributed by atoms with van der Waals surface area (Å²) in [6, 6.07) is 3.45. The molecule has 0 aliphatic rings. The van der Waals surface area contributed by atoms with Crippen molar-refractivity contribution in [2.75, 3.05) is 20.1 Å². The topological polar surface area (TPSA) is 71.8 Å². The van der Waals surface area contributed by atoms with Crippen molar-refractivity contribution in [3.05, 3.63) is 42.6 Å². The molecule has 116 valence electrons. The first-order valence-electron chi connectivity index (χ1n) is 6.18. The Hall–Kier alpha value is -1.63. The van der Waals surface area contributed by atoms with Crippen LogP contribution in [-0.2, 0) is 0 Å². The van der Waals surface area contributed by atoms with E-state index in [2.05, 4.69) is 20.6 Å². The predicted molar refractivity (Wildman–Crippen MR) is 86.7 cm³/mol. The molecule has 0 saturated heterocycles. The lowest BCUT2D eigenvalue weighted by molar-refractivity contribution is 0.0953. The summed E-state index contributed by atoms with van der Waals surface area (Å²) in [7, 11) is 1.89. The van der Waals surface area contributed by atoms with Crippen LogP contribution in [0, 0.1) is 0 Å². The molecule has 0 radical (unpaired) electrons. The van der Waals surface area contributed by atoms with Gasteiger partial charge in [0.25, 0.3) is 5.91 Å². The highest BCUT2D eigenvalue weighted by Crippen LogP contribution is 2.06. The van der Waals surface area contributed by atoms with E-state index >= 15 is 0 Å². The maximum Gasteiger partial charge on any atom is 0.251 e. The Morgan fingerprint density at radius 2 is 2.10 bits per heavy atom. The quantitative estimate of drug-likeness (QED) is 0.786. The summed E-state index contributed by atoms with van der Waals surface area (Å²) in [4.78, 5) is 20.1. The molecule has 0 atom stereocenters. The van der Waals surface area contributed by atoms with Crippen LogP contribution in [0.1, 0.15) is 16.8 Å². The second-order valence-corrected chi connectivity index (χ2v) is 4.09. The zero-order chi connectivity index (χ0) is 13.5. The highest BCUT2D eigenvalue weighted by atomic mass is 35.5. The molecule has 0 spiro atoms. The van der Waals surface area contributed by atoms with Crippen molar-refractivity contribution in [3.63, 3.8) is 0 Å². The number of hydrogen-bond donors (Lipinski definition) is 2. The normalized spacial score (nSPS) is 9.38. The molecule has 0 aliphatic carbocycles. The van der Waals surface area contributed by atoms with Gasteiger partial charge in [0.1, 0.15) is 12.1 Å². The molecule has 8 heteroatoms. The van der Waals surface area contributed by atoms with Gasteiger partial charge in [0.2, 0.25) is 0 Å². The fraction of sp³-hybridized carbons (Fsp3) is 0.308. The number of hydrogen-bond acceptors (Lipinski definition) is 4. The smallest absolute Gasteiger partial charge is 0.251 e. The van der Waals surface area contributed by atoms with Crippen LogP contribution in [0.3, 0.4) is 0 Å². The van der Waals surface area contributed by atoms with E-state index in [1.807, 2.05) is 7.05 Å². The standard InChI is InChI=1S/C13H17N5O.2ClH/c1-14-4-2-5-17-13(19)11-3-6-16-12(9-11)18-8-7-15-10-18;;/h3,6-10,14H,2,4-5H2,1H3,(H,17,19);2*1H. The van der Waals surface area contributed by atoms with Crippen molar-refractivity contribution >= 4 is 30.7 Å². The number of amides is 1. The Labute approximate surface area is 136 Å². The van der Waals surface area contributed by atoms with Crippen LogP contribution in [0.25, 0.3) is 5.82 Å². The third-order valence-corrected chi connectivity index (χ3v) is 2.67. The minimum absolute atomic E-state index is 0. The van der Waals surface area contributed by atoms with Crippen LogP contribution in [0.4, 0.5) is 0 Å². The molecule has 0 aromatic carbocycles. The van der Waals surface area contributed by atoms with E-state index in [0.29, 0.717) is 17.9 Å². The largest absolute Gasteiger partial charge is 0.352 e. The van der Waals surface area contributed by atoms with E-state index in [4.69, 9.17) is 0 Å². The van der Waals surface area contributed by atoms with Gasteiger partial charge in [0.15, 0.2) is 0 Å². The second-order valence-electron chi connectivity index (χ2n) is 4.09. The fourth-order valence-corrected chi connectivity index (χ4v) is 1.66. The summed E-state index contributed by atoms with van der Waals surface area (Å²) in [6.07, 6.45) is 7.64. The fourth-order valence-electron chi connectivity index (χ4n) is 1.66. The number of rotatable bonds is 6. The molecule has 1 amide bonds. The van der Waals surface area contributed by atoms with Crippen molar-refractivity contribution in [3.8, 4) is 5.82 Å². The summed E-state index contributed by atoms with van der Waals surface area (Å²) < 4.78 is 1.76. The molecule has 2 heterocycles. The van der Waals surface area contributed by atoms with Gasteiger partial charge in [0, 0.05) is 30.7 Å². The van der Waals surface area contributed by atoms with E-state index in [1.165, 1.54) is 0 Å². The first-order chi connectivity index (χ1) is 9.31. The molecule has 6 nitrogen and oxygen atoms in total. The Bertz CT molecular complexity index is 533. The lowest BCUT2D eigenvalue weighted by Gasteiger charge is -2.06. The summed E-state index contributed by atoms with van der Waals surface area (Å²) >= 11 is 0. The maximum absolute atomic E-state index is 11.9. The lowest BCUT2D eigenvalue weighted by Crippen LogP contribution is -2.26. The van der Waals surface area contributed by atoms with Gasteiger partial charge in [-0.25, -0.2) is 9.97 Å². The van der Waals surface area contributed by atoms with Gasteiger partial charge in [0.05, 0.1) is 0 Å². The molecule has 0 fully saturated rings. The van der Waals surface area contributed by atoms with Gasteiger partial charge in [-0.05, 0) is 32.1 Å². The first kappa shape index (κ1) is 19.4. The molecule has 2 N–H and O–H groups in total. The second kappa shape index (κ2) is 10.1. The van der Waals surface area contributed by atoms with E-state index in [9.17, 15) is 4.79 Å². The Kier molecular flexibility index (Phi) is 9.36. The molecule has 0 bridgehead atoms. The average Bonchev–Trinajstić information content (AvgIpc) is 2.98. The van der Waals surface area contributed by atoms with Crippen LogP contribution >= 0.6 is 24.8 Å². The van der Waals surface area contributed by atoms with Gasteiger partial charge in [-0.15, -0.1) is 24.8 Å². The van der Waals surface area contributed by atoms with Crippen molar-refractivity contribution in [2.45, 2.75) is 6.42 Å². The summed E-state index contributed by atoms with van der Waals surface area (Å²) in [5, 5.41) is 5.91. The lowest BCUT2D eigenvalue weighted by atomic mass is 10.2. The number of pyridine rings is 1. The highest BCUT2D eigenvalue weighted by Gasteiger charge is 2.06. The summed E-state index contributed by atoms with van der Waals surface area (Å²) in [6.45, 7) is 1.54. The number of nitrogens with zero attached hydrogens (tertiary/aromatic N) is 3. The Morgan fingerprint density at radius 1 is 1.29 bits per heavy atom. The van der Waals surface area contributed by atoms with E-state index in [-0.39, 0.29) is 30.7 Å². The summed E-state index contributed by atoms with van der Waals surface area (Å²) in [5.74, 6) is 0.597. The van der Waals surface area contributed by atoms with Crippen LogP contribution in [-0.4, -0.2) is 40.6 Å². The molecule has 21 heavy (non-hydrogen) atoms. The van der Waals surface area contributed by atoms with Gasteiger partial charge in [-0.2, -0.15) is 0 Å². The monoisotopic (exact) mass is 331 g/mol. The minimum atomic E-state index is -0.0835. The zero-order valence-electron chi connectivity index (χ0n) is 11.7. The summed E-state index contributed by atoms with van der Waals surface area (Å²) in [5.41, 5.74) is 0.600. The van der Waals surface area contributed by atoms with Crippen molar-refractivity contribution in [2.24, 2.45) is 0 Å². The SMILES string of the molecule is CNCCCNC(=O)c1ccnc(-n2ccnc2)c1.Cl.Cl. The van der Waals surface area contributed by atoms with Crippen LogP contribution in [0.15, 0.2) is 37.1 Å². The Morgan fingerprint density at radius 3 is 2.76 bits per heavy atom. The number of imidazole rings is 1. The van der Waals surface area contributed by atoms with Crippen molar-refractivity contribution < 1.29 is 4.79 Å². The molecule has 0 saturated carbocycles. The molecule has 2 rings (SSSR count). The Balaban J connectivity index is 0.00000200. The maximum atomic E-state index is 11.9. The molecule has 2 aromatic rings. The van der Waals surface area contributed by atoms with Gasteiger partial charge < -0.3 is 10.6 Å². The van der Waals surface area contributed by atoms with Gasteiger partial charge in [-0.3, -0.25) is 9.36 Å². The number of carbonyl (C=O) groups excluding carboxylic acids is 1. The molecular formula is C13H19Cl2N5O. The van der Waals surface area contributed by atoms with Crippen LogP contribution in [0.2, 0.25) is 0 Å².